The standard InChI is InChI=1S/C14H21NO/c1-14(2,3)10-4-5-11-9(8-15)6-13(16)12(11)7-10/h4-5,7,9,13,16H,6,8,15H2,1-3H3. The van der Waals surface area contributed by atoms with Crippen molar-refractivity contribution in [1.82, 2.24) is 0 Å². The summed E-state index contributed by atoms with van der Waals surface area (Å²) in [4.78, 5) is 0. The van der Waals surface area contributed by atoms with E-state index in [0.717, 1.165) is 12.0 Å². The van der Waals surface area contributed by atoms with Crippen LogP contribution < -0.4 is 5.73 Å². The van der Waals surface area contributed by atoms with Crippen LogP contribution in [0.3, 0.4) is 0 Å². The maximum atomic E-state index is 10.0. The Balaban J connectivity index is 2.44. The number of hydrogen-bond acceptors (Lipinski definition) is 2. The first-order chi connectivity index (χ1) is 7.43. The van der Waals surface area contributed by atoms with Gasteiger partial charge in [0.25, 0.3) is 0 Å². The minimum absolute atomic E-state index is 0.134. The van der Waals surface area contributed by atoms with Crippen LogP contribution in [0.5, 0.6) is 0 Å². The van der Waals surface area contributed by atoms with Crippen LogP contribution in [0.1, 0.15) is 55.9 Å². The molecule has 0 saturated heterocycles. The third-order valence-electron chi connectivity index (χ3n) is 3.54. The monoisotopic (exact) mass is 219 g/mol. The number of benzene rings is 1. The second-order valence-corrected chi connectivity index (χ2v) is 5.78. The van der Waals surface area contributed by atoms with E-state index in [2.05, 4.69) is 39.0 Å². The van der Waals surface area contributed by atoms with Crippen molar-refractivity contribution in [3.8, 4) is 0 Å². The van der Waals surface area contributed by atoms with Crippen LogP contribution in [-0.4, -0.2) is 11.7 Å². The Morgan fingerprint density at radius 2 is 2.00 bits per heavy atom. The summed E-state index contributed by atoms with van der Waals surface area (Å²) in [7, 11) is 0. The van der Waals surface area contributed by atoms with Crippen molar-refractivity contribution in [2.24, 2.45) is 5.73 Å². The van der Waals surface area contributed by atoms with E-state index in [9.17, 15) is 5.11 Å². The van der Waals surface area contributed by atoms with Crippen LogP contribution in [0.2, 0.25) is 0 Å². The van der Waals surface area contributed by atoms with Gasteiger partial charge in [-0.1, -0.05) is 39.0 Å². The van der Waals surface area contributed by atoms with Crippen molar-refractivity contribution in [3.05, 3.63) is 34.9 Å². The van der Waals surface area contributed by atoms with E-state index < -0.39 is 0 Å². The molecule has 16 heavy (non-hydrogen) atoms. The van der Waals surface area contributed by atoms with Gasteiger partial charge in [0.1, 0.15) is 0 Å². The van der Waals surface area contributed by atoms with Crippen LogP contribution in [0, 0.1) is 0 Å². The molecule has 2 heteroatoms. The molecule has 1 aliphatic rings. The zero-order valence-corrected chi connectivity index (χ0v) is 10.3. The fraction of sp³-hybridized carbons (Fsp3) is 0.571. The molecular formula is C14H21NO. The Hall–Kier alpha value is -0.860. The number of fused-ring (bicyclic) bond motifs is 1. The molecule has 2 rings (SSSR count). The molecule has 2 nitrogen and oxygen atoms in total. The molecule has 0 fully saturated rings. The van der Waals surface area contributed by atoms with Gasteiger partial charge >= 0.3 is 0 Å². The molecule has 1 aromatic carbocycles. The molecule has 0 spiro atoms. The molecule has 0 heterocycles. The van der Waals surface area contributed by atoms with Crippen LogP contribution in [0.4, 0.5) is 0 Å². The Morgan fingerprint density at radius 1 is 1.31 bits per heavy atom. The number of aliphatic hydroxyl groups excluding tert-OH is 1. The predicted octanol–water partition coefficient (Wildman–Crippen LogP) is 2.46. The highest BCUT2D eigenvalue weighted by Gasteiger charge is 2.29. The number of nitrogens with two attached hydrogens (primary N) is 1. The van der Waals surface area contributed by atoms with E-state index in [-0.39, 0.29) is 11.5 Å². The van der Waals surface area contributed by atoms with Crippen LogP contribution >= 0.6 is 0 Å². The quantitative estimate of drug-likeness (QED) is 0.762. The van der Waals surface area contributed by atoms with Crippen LogP contribution in [-0.2, 0) is 5.41 Å². The van der Waals surface area contributed by atoms with Gasteiger partial charge in [0.05, 0.1) is 6.10 Å². The average Bonchev–Trinajstić information content (AvgIpc) is 2.54. The molecule has 3 N–H and O–H groups in total. The molecule has 2 atom stereocenters. The predicted molar refractivity (Wildman–Crippen MR) is 66.5 cm³/mol. The maximum absolute atomic E-state index is 10.0. The molecule has 1 aromatic rings. The lowest BCUT2D eigenvalue weighted by molar-refractivity contribution is 0.173. The maximum Gasteiger partial charge on any atom is 0.0799 e. The number of aliphatic hydroxyl groups is 1. The lowest BCUT2D eigenvalue weighted by Gasteiger charge is -2.20. The van der Waals surface area contributed by atoms with Gasteiger partial charge in [-0.05, 0) is 41.0 Å². The van der Waals surface area contributed by atoms with Gasteiger partial charge in [0.15, 0.2) is 0 Å². The highest BCUT2D eigenvalue weighted by molar-refractivity contribution is 5.42. The lowest BCUT2D eigenvalue weighted by atomic mass is 9.85. The van der Waals surface area contributed by atoms with Crippen molar-refractivity contribution in [1.29, 1.82) is 0 Å². The van der Waals surface area contributed by atoms with Crippen molar-refractivity contribution < 1.29 is 5.11 Å². The topological polar surface area (TPSA) is 46.2 Å². The van der Waals surface area contributed by atoms with E-state index in [1.54, 1.807) is 0 Å². The Labute approximate surface area is 97.5 Å². The van der Waals surface area contributed by atoms with Gasteiger partial charge in [-0.2, -0.15) is 0 Å². The van der Waals surface area contributed by atoms with Gasteiger partial charge < -0.3 is 10.8 Å². The first kappa shape index (κ1) is 11.6. The van der Waals surface area contributed by atoms with E-state index in [4.69, 9.17) is 5.73 Å². The van der Waals surface area contributed by atoms with Crippen molar-refractivity contribution in [3.63, 3.8) is 0 Å². The van der Waals surface area contributed by atoms with Gasteiger partial charge in [-0.15, -0.1) is 0 Å². The second-order valence-electron chi connectivity index (χ2n) is 5.78. The summed E-state index contributed by atoms with van der Waals surface area (Å²) in [6.07, 6.45) is 0.449. The summed E-state index contributed by atoms with van der Waals surface area (Å²) < 4.78 is 0. The summed E-state index contributed by atoms with van der Waals surface area (Å²) in [5, 5.41) is 10.0. The molecule has 0 saturated carbocycles. The fourth-order valence-corrected chi connectivity index (χ4v) is 2.45. The minimum atomic E-state index is -0.328. The molecule has 2 unspecified atom stereocenters. The molecule has 0 aromatic heterocycles. The van der Waals surface area contributed by atoms with Gasteiger partial charge in [0, 0.05) is 0 Å². The molecule has 0 radical (unpaired) electrons. The molecule has 0 bridgehead atoms. The van der Waals surface area contributed by atoms with E-state index in [1.165, 1.54) is 11.1 Å². The third kappa shape index (κ3) is 1.87. The van der Waals surface area contributed by atoms with Crippen molar-refractivity contribution >= 4 is 0 Å². The highest BCUT2D eigenvalue weighted by atomic mass is 16.3. The molecule has 0 aliphatic heterocycles. The largest absolute Gasteiger partial charge is 0.388 e. The van der Waals surface area contributed by atoms with E-state index >= 15 is 0 Å². The Bertz CT molecular complexity index is 392. The second kappa shape index (κ2) is 3.86. The normalized spacial score (nSPS) is 24.6. The smallest absolute Gasteiger partial charge is 0.0799 e. The SMILES string of the molecule is CC(C)(C)c1ccc2c(c1)C(O)CC2CN. The summed E-state index contributed by atoms with van der Waals surface area (Å²) in [6, 6.07) is 6.46. The zero-order chi connectivity index (χ0) is 11.9. The first-order valence-corrected chi connectivity index (χ1v) is 5.96. The Morgan fingerprint density at radius 3 is 2.56 bits per heavy atom. The summed E-state index contributed by atoms with van der Waals surface area (Å²) >= 11 is 0. The molecular weight excluding hydrogens is 198 g/mol. The minimum Gasteiger partial charge on any atom is -0.388 e. The average molecular weight is 219 g/mol. The van der Waals surface area contributed by atoms with Gasteiger partial charge in [0.2, 0.25) is 0 Å². The first-order valence-electron chi connectivity index (χ1n) is 5.96. The van der Waals surface area contributed by atoms with Crippen LogP contribution in [0.25, 0.3) is 0 Å². The van der Waals surface area contributed by atoms with E-state index in [1.807, 2.05) is 0 Å². The molecule has 1 aliphatic carbocycles. The zero-order valence-electron chi connectivity index (χ0n) is 10.3. The third-order valence-corrected chi connectivity index (χ3v) is 3.54. The number of hydrogen-bond donors (Lipinski definition) is 2. The number of rotatable bonds is 1. The van der Waals surface area contributed by atoms with Gasteiger partial charge in [-0.3, -0.25) is 0 Å². The lowest BCUT2D eigenvalue weighted by Crippen LogP contribution is -2.12. The van der Waals surface area contributed by atoms with E-state index in [0.29, 0.717) is 12.5 Å². The fourth-order valence-electron chi connectivity index (χ4n) is 2.45. The summed E-state index contributed by atoms with van der Waals surface area (Å²) in [5.74, 6) is 0.332. The Kier molecular flexibility index (Phi) is 2.81. The summed E-state index contributed by atoms with van der Waals surface area (Å²) in [6.45, 7) is 7.20. The van der Waals surface area contributed by atoms with Crippen LogP contribution in [0.15, 0.2) is 18.2 Å². The highest BCUT2D eigenvalue weighted by Crippen LogP contribution is 2.41. The molecule has 0 amide bonds. The van der Waals surface area contributed by atoms with Gasteiger partial charge in [-0.25, -0.2) is 0 Å². The summed E-state index contributed by atoms with van der Waals surface area (Å²) in [5.41, 5.74) is 9.46. The van der Waals surface area contributed by atoms with Crippen molar-refractivity contribution in [2.45, 2.75) is 44.6 Å². The molecule has 88 valence electrons. The van der Waals surface area contributed by atoms with Crippen molar-refractivity contribution in [2.75, 3.05) is 6.54 Å².